The number of anilines is 1. The molecule has 4 nitrogen and oxygen atoms in total. The van der Waals surface area contributed by atoms with E-state index in [0.717, 1.165) is 29.6 Å². The van der Waals surface area contributed by atoms with Gasteiger partial charge in [0.2, 0.25) is 0 Å². The SMILES string of the molecule is CCc1c(C)sc(NC(NC(=O)c2ccccc2F)(C(F)(F)F)C(F)(F)F)c1C#N. The molecule has 1 heterocycles. The second-order valence-electron chi connectivity index (χ2n) is 6.11. The summed E-state index contributed by atoms with van der Waals surface area (Å²) in [5.41, 5.74) is -6.08. The number of nitriles is 1. The first kappa shape index (κ1) is 23.5. The Balaban J connectivity index is 2.66. The van der Waals surface area contributed by atoms with Crippen molar-refractivity contribution >= 4 is 22.2 Å². The highest BCUT2D eigenvalue weighted by atomic mass is 32.1. The highest BCUT2D eigenvalue weighted by Crippen LogP contribution is 2.46. The van der Waals surface area contributed by atoms with Gasteiger partial charge in [-0.3, -0.25) is 4.79 Å². The normalized spacial score (nSPS) is 12.4. The van der Waals surface area contributed by atoms with Crippen LogP contribution in [-0.2, 0) is 6.42 Å². The molecule has 1 amide bonds. The standard InChI is InChI=1S/C18H14F7N3OS/c1-3-10-9(2)30-15(12(10)8-26)28-16(17(20,21)22,18(23,24)25)27-14(29)11-6-4-5-7-13(11)19/h4-7,28H,3H2,1-2H3,(H,27,29). The molecule has 12 heteroatoms. The smallest absolute Gasteiger partial charge is 0.338 e. The van der Waals surface area contributed by atoms with E-state index < -0.39 is 45.9 Å². The Labute approximate surface area is 170 Å². The number of benzene rings is 1. The molecule has 0 atom stereocenters. The molecule has 0 saturated heterocycles. The summed E-state index contributed by atoms with van der Waals surface area (Å²) < 4.78 is 96.5. The number of thiophene rings is 1. The highest BCUT2D eigenvalue weighted by Gasteiger charge is 2.73. The predicted molar refractivity (Wildman–Crippen MR) is 95.5 cm³/mol. The molecule has 1 aromatic heterocycles. The number of nitrogens with one attached hydrogen (secondary N) is 2. The number of carbonyl (C=O) groups is 1. The van der Waals surface area contributed by atoms with E-state index in [1.165, 1.54) is 12.2 Å². The number of hydrogen-bond acceptors (Lipinski definition) is 4. The van der Waals surface area contributed by atoms with E-state index in [2.05, 4.69) is 0 Å². The number of halogens is 7. The van der Waals surface area contributed by atoms with E-state index in [1.54, 1.807) is 13.0 Å². The third kappa shape index (κ3) is 4.07. The Morgan fingerprint density at radius 1 is 1.13 bits per heavy atom. The molecule has 0 aliphatic carbocycles. The summed E-state index contributed by atoms with van der Waals surface area (Å²) in [6.45, 7) is 3.02. The van der Waals surface area contributed by atoms with E-state index in [4.69, 9.17) is 0 Å². The summed E-state index contributed by atoms with van der Waals surface area (Å²) in [7, 11) is 0. The number of carbonyl (C=O) groups excluding carboxylic acids is 1. The summed E-state index contributed by atoms with van der Waals surface area (Å²) in [5, 5.41) is 10.7. The van der Waals surface area contributed by atoms with Gasteiger partial charge in [-0.1, -0.05) is 19.1 Å². The highest BCUT2D eigenvalue weighted by molar-refractivity contribution is 7.16. The monoisotopic (exact) mass is 453 g/mol. The maximum Gasteiger partial charge on any atom is 0.439 e. The lowest BCUT2D eigenvalue weighted by Gasteiger charge is -2.38. The fourth-order valence-corrected chi connectivity index (χ4v) is 3.89. The number of rotatable bonds is 5. The number of alkyl halides is 6. The van der Waals surface area contributed by atoms with Crippen LogP contribution >= 0.6 is 11.3 Å². The average Bonchev–Trinajstić information content (AvgIpc) is 2.93. The van der Waals surface area contributed by atoms with Crippen LogP contribution in [0.1, 0.15) is 33.3 Å². The summed E-state index contributed by atoms with van der Waals surface area (Å²) in [4.78, 5) is 12.5. The van der Waals surface area contributed by atoms with Crippen molar-refractivity contribution < 1.29 is 35.5 Å². The molecule has 0 saturated carbocycles. The lowest BCUT2D eigenvalue weighted by Crippen LogP contribution is -2.72. The van der Waals surface area contributed by atoms with Crippen molar-refractivity contribution in [2.24, 2.45) is 0 Å². The molecule has 0 fully saturated rings. The number of aryl methyl sites for hydroxylation is 1. The Kier molecular flexibility index (Phi) is 6.37. The molecule has 2 N–H and O–H groups in total. The van der Waals surface area contributed by atoms with Gasteiger partial charge in [0, 0.05) is 4.88 Å². The Hall–Kier alpha value is -2.81. The summed E-state index contributed by atoms with van der Waals surface area (Å²) in [5.74, 6) is -3.23. The summed E-state index contributed by atoms with van der Waals surface area (Å²) >= 11 is 0.516. The molecule has 2 aromatic rings. The Bertz CT molecular complexity index is 975. The van der Waals surface area contributed by atoms with Crippen LogP contribution in [0.5, 0.6) is 0 Å². The van der Waals surface area contributed by atoms with Crippen molar-refractivity contribution in [3.05, 3.63) is 51.7 Å². The van der Waals surface area contributed by atoms with Crippen LogP contribution in [0.2, 0.25) is 0 Å². The molecule has 0 aliphatic rings. The van der Waals surface area contributed by atoms with Crippen LogP contribution in [0, 0.1) is 24.1 Å². The molecule has 0 aliphatic heterocycles. The van der Waals surface area contributed by atoms with Gasteiger partial charge in [0.1, 0.15) is 16.9 Å². The fraction of sp³-hybridized carbons (Fsp3) is 0.333. The number of hydrogen-bond donors (Lipinski definition) is 2. The van der Waals surface area contributed by atoms with Crippen LogP contribution in [0.4, 0.5) is 35.7 Å². The second kappa shape index (κ2) is 8.14. The zero-order valence-corrected chi connectivity index (χ0v) is 16.2. The van der Waals surface area contributed by atoms with Crippen molar-refractivity contribution in [3.63, 3.8) is 0 Å². The minimum Gasteiger partial charge on any atom is -0.338 e. The molecule has 2 rings (SSSR count). The first-order chi connectivity index (χ1) is 13.8. The van der Waals surface area contributed by atoms with E-state index >= 15 is 0 Å². The summed E-state index contributed by atoms with van der Waals surface area (Å²) in [6.07, 6.45) is -12.0. The minimum atomic E-state index is -6.09. The third-order valence-corrected chi connectivity index (χ3v) is 5.31. The quantitative estimate of drug-likeness (QED) is 0.478. The molecule has 0 bridgehead atoms. The van der Waals surface area contributed by atoms with E-state index in [9.17, 15) is 40.8 Å². The van der Waals surface area contributed by atoms with Gasteiger partial charge < -0.3 is 10.6 Å². The lowest BCUT2D eigenvalue weighted by atomic mass is 10.1. The van der Waals surface area contributed by atoms with Gasteiger partial charge in [-0.25, -0.2) is 4.39 Å². The van der Waals surface area contributed by atoms with Crippen molar-refractivity contribution in [1.82, 2.24) is 5.32 Å². The average molecular weight is 453 g/mol. The van der Waals surface area contributed by atoms with Crippen LogP contribution in [0.25, 0.3) is 0 Å². The van der Waals surface area contributed by atoms with Gasteiger partial charge in [0.25, 0.3) is 5.91 Å². The molecule has 0 unspecified atom stereocenters. The zero-order chi connectivity index (χ0) is 22.9. The van der Waals surface area contributed by atoms with Crippen LogP contribution < -0.4 is 10.6 Å². The number of nitrogens with zero attached hydrogens (tertiary/aromatic N) is 1. The van der Waals surface area contributed by atoms with Gasteiger partial charge in [-0.2, -0.15) is 31.6 Å². The third-order valence-electron chi connectivity index (χ3n) is 4.25. The molecule has 1 aromatic carbocycles. The Morgan fingerprint density at radius 2 is 1.70 bits per heavy atom. The van der Waals surface area contributed by atoms with Crippen LogP contribution in [-0.4, -0.2) is 23.9 Å². The predicted octanol–water partition coefficient (Wildman–Crippen LogP) is 5.29. The van der Waals surface area contributed by atoms with Crippen molar-refractivity contribution in [2.45, 2.75) is 38.3 Å². The van der Waals surface area contributed by atoms with E-state index in [1.807, 2.05) is 0 Å². The van der Waals surface area contributed by atoms with Crippen LogP contribution in [0.15, 0.2) is 24.3 Å². The molecular weight excluding hydrogens is 439 g/mol. The number of amides is 1. The van der Waals surface area contributed by atoms with Crippen molar-refractivity contribution in [1.29, 1.82) is 5.26 Å². The fourth-order valence-electron chi connectivity index (χ4n) is 2.74. The van der Waals surface area contributed by atoms with Crippen molar-refractivity contribution in [3.8, 4) is 6.07 Å². The molecule has 162 valence electrons. The first-order valence-electron chi connectivity index (χ1n) is 8.30. The van der Waals surface area contributed by atoms with Crippen LogP contribution in [0.3, 0.4) is 0 Å². The molecule has 30 heavy (non-hydrogen) atoms. The maximum absolute atomic E-state index is 13.8. The largest absolute Gasteiger partial charge is 0.439 e. The molecule has 0 spiro atoms. The summed E-state index contributed by atoms with van der Waals surface area (Å²) in [6, 6.07) is 5.25. The van der Waals surface area contributed by atoms with Crippen molar-refractivity contribution in [2.75, 3.05) is 5.32 Å². The van der Waals surface area contributed by atoms with Gasteiger partial charge in [0.05, 0.1) is 11.1 Å². The maximum atomic E-state index is 13.8. The van der Waals surface area contributed by atoms with E-state index in [-0.39, 0.29) is 12.0 Å². The van der Waals surface area contributed by atoms with Gasteiger partial charge in [0.15, 0.2) is 0 Å². The Morgan fingerprint density at radius 3 is 2.17 bits per heavy atom. The molecule has 0 radical (unpaired) electrons. The lowest BCUT2D eigenvalue weighted by molar-refractivity contribution is -0.293. The first-order valence-corrected chi connectivity index (χ1v) is 9.11. The second-order valence-corrected chi connectivity index (χ2v) is 7.34. The van der Waals surface area contributed by atoms with Gasteiger partial charge >= 0.3 is 18.0 Å². The topological polar surface area (TPSA) is 64.9 Å². The van der Waals surface area contributed by atoms with Gasteiger partial charge in [-0.15, -0.1) is 11.3 Å². The van der Waals surface area contributed by atoms with Gasteiger partial charge in [-0.05, 0) is 31.0 Å². The van der Waals surface area contributed by atoms with E-state index in [0.29, 0.717) is 16.2 Å². The molecular formula is C18H14F7N3OS. The zero-order valence-electron chi connectivity index (χ0n) is 15.4. The minimum absolute atomic E-state index is 0.194.